The summed E-state index contributed by atoms with van der Waals surface area (Å²) in [6.07, 6.45) is 0. The van der Waals surface area contributed by atoms with Crippen LogP contribution in [0, 0.1) is 6.92 Å². The van der Waals surface area contributed by atoms with Gasteiger partial charge in [0.05, 0.1) is 0 Å². The quantitative estimate of drug-likeness (QED) is 0.619. The van der Waals surface area contributed by atoms with E-state index in [-0.39, 0.29) is 5.41 Å². The van der Waals surface area contributed by atoms with Crippen molar-refractivity contribution in [1.82, 2.24) is 0 Å². The number of aryl methyl sites for hydroxylation is 1. The zero-order valence-corrected chi connectivity index (χ0v) is 15.2. The van der Waals surface area contributed by atoms with Gasteiger partial charge >= 0.3 is 0 Å². The van der Waals surface area contributed by atoms with E-state index >= 15 is 0 Å². The summed E-state index contributed by atoms with van der Waals surface area (Å²) in [5.41, 5.74) is 3.50. The summed E-state index contributed by atoms with van der Waals surface area (Å²) in [4.78, 5) is 0. The molecule has 21 heavy (non-hydrogen) atoms. The molecule has 0 spiro atoms. The Morgan fingerprint density at radius 1 is 1.10 bits per heavy atom. The summed E-state index contributed by atoms with van der Waals surface area (Å²) < 4.78 is 7.00. The Morgan fingerprint density at radius 3 is 2.43 bits per heavy atom. The lowest BCUT2D eigenvalue weighted by Crippen LogP contribution is -2.13. The van der Waals surface area contributed by atoms with Crippen molar-refractivity contribution in [2.45, 2.75) is 39.7 Å². The lowest BCUT2D eigenvalue weighted by Gasteiger charge is -2.23. The first-order valence-electron chi connectivity index (χ1n) is 6.95. The highest BCUT2D eigenvalue weighted by Gasteiger charge is 2.19. The Balaban J connectivity index is 2.24. The van der Waals surface area contributed by atoms with Gasteiger partial charge in [0.25, 0.3) is 0 Å². The average molecular weight is 368 g/mol. The van der Waals surface area contributed by atoms with Crippen molar-refractivity contribution in [2.75, 3.05) is 0 Å². The summed E-state index contributed by atoms with van der Waals surface area (Å²) in [6, 6.07) is 12.2. The third-order valence-corrected chi connectivity index (χ3v) is 4.19. The molecule has 0 bridgehead atoms. The lowest BCUT2D eigenvalue weighted by atomic mass is 9.85. The molecular formula is C18H20BrClO. The van der Waals surface area contributed by atoms with E-state index in [4.69, 9.17) is 16.3 Å². The minimum Gasteiger partial charge on any atom is -0.489 e. The van der Waals surface area contributed by atoms with Gasteiger partial charge in [-0.05, 0) is 36.1 Å². The molecule has 1 nitrogen and oxygen atoms in total. The number of rotatable bonds is 3. The van der Waals surface area contributed by atoms with Gasteiger partial charge in [0.2, 0.25) is 0 Å². The molecule has 0 heterocycles. The molecule has 2 rings (SSSR count). The van der Waals surface area contributed by atoms with Gasteiger partial charge < -0.3 is 4.74 Å². The molecule has 0 N–H and O–H groups in total. The van der Waals surface area contributed by atoms with Crippen LogP contribution in [-0.4, -0.2) is 0 Å². The Labute approximate surface area is 140 Å². The largest absolute Gasteiger partial charge is 0.489 e. The maximum atomic E-state index is 6.24. The summed E-state index contributed by atoms with van der Waals surface area (Å²) in [5, 5.41) is 0.716. The van der Waals surface area contributed by atoms with E-state index in [2.05, 4.69) is 55.8 Å². The van der Waals surface area contributed by atoms with Crippen molar-refractivity contribution >= 4 is 27.5 Å². The summed E-state index contributed by atoms with van der Waals surface area (Å²) in [5.74, 6) is 0.923. The Morgan fingerprint density at radius 2 is 1.81 bits per heavy atom. The topological polar surface area (TPSA) is 9.23 Å². The average Bonchev–Trinajstić information content (AvgIpc) is 2.38. The highest BCUT2D eigenvalue weighted by molar-refractivity contribution is 9.10. The van der Waals surface area contributed by atoms with E-state index in [1.807, 2.05) is 24.3 Å². The van der Waals surface area contributed by atoms with Crippen LogP contribution in [-0.2, 0) is 12.0 Å². The molecule has 2 aromatic carbocycles. The fourth-order valence-electron chi connectivity index (χ4n) is 2.15. The van der Waals surface area contributed by atoms with Crippen LogP contribution in [0.2, 0.25) is 5.02 Å². The Bertz CT molecular complexity index is 644. The molecule has 0 atom stereocenters. The predicted molar refractivity (Wildman–Crippen MR) is 93.4 cm³/mol. The van der Waals surface area contributed by atoms with Crippen molar-refractivity contribution in [2.24, 2.45) is 0 Å². The van der Waals surface area contributed by atoms with Gasteiger partial charge in [-0.25, -0.2) is 0 Å². The highest BCUT2D eigenvalue weighted by atomic mass is 79.9. The van der Waals surface area contributed by atoms with Crippen LogP contribution in [0.4, 0.5) is 0 Å². The van der Waals surface area contributed by atoms with Crippen LogP contribution in [0.3, 0.4) is 0 Å². The van der Waals surface area contributed by atoms with Gasteiger partial charge in [-0.2, -0.15) is 0 Å². The molecule has 0 radical (unpaired) electrons. The molecular weight excluding hydrogens is 348 g/mol. The van der Waals surface area contributed by atoms with Crippen molar-refractivity contribution in [1.29, 1.82) is 0 Å². The summed E-state index contributed by atoms with van der Waals surface area (Å²) >= 11 is 9.65. The van der Waals surface area contributed by atoms with Crippen molar-refractivity contribution < 1.29 is 4.74 Å². The molecule has 2 aromatic rings. The number of hydrogen-bond acceptors (Lipinski definition) is 1. The van der Waals surface area contributed by atoms with E-state index in [9.17, 15) is 0 Å². The van der Waals surface area contributed by atoms with Crippen LogP contribution < -0.4 is 4.74 Å². The first-order valence-corrected chi connectivity index (χ1v) is 8.12. The van der Waals surface area contributed by atoms with E-state index in [1.54, 1.807) is 0 Å². The number of benzene rings is 2. The maximum absolute atomic E-state index is 6.24. The van der Waals surface area contributed by atoms with Crippen LogP contribution in [0.15, 0.2) is 40.9 Å². The second-order valence-corrected chi connectivity index (χ2v) is 7.60. The zero-order chi connectivity index (χ0) is 15.6. The molecule has 0 unspecified atom stereocenters. The first-order chi connectivity index (χ1) is 9.77. The SMILES string of the molecule is Cc1ccc(OCc2ccc(Br)cc2Cl)c(C(C)(C)C)c1. The number of halogens is 2. The Hall–Kier alpha value is -0.990. The minimum atomic E-state index is 0.0465. The molecule has 0 aliphatic heterocycles. The molecule has 112 valence electrons. The molecule has 0 saturated carbocycles. The van der Waals surface area contributed by atoms with Crippen molar-refractivity contribution in [3.63, 3.8) is 0 Å². The maximum Gasteiger partial charge on any atom is 0.123 e. The standard InChI is InChI=1S/C18H20BrClO/c1-12-5-8-17(15(9-12)18(2,3)4)21-11-13-6-7-14(19)10-16(13)20/h5-10H,11H2,1-4H3. The van der Waals surface area contributed by atoms with Gasteiger partial charge in [0.15, 0.2) is 0 Å². The molecule has 0 aliphatic rings. The molecule has 3 heteroatoms. The number of hydrogen-bond donors (Lipinski definition) is 0. The Kier molecular flexibility index (Phi) is 5.00. The van der Waals surface area contributed by atoms with Gasteiger partial charge in [-0.15, -0.1) is 0 Å². The van der Waals surface area contributed by atoms with E-state index < -0.39 is 0 Å². The zero-order valence-electron chi connectivity index (χ0n) is 12.8. The second-order valence-electron chi connectivity index (χ2n) is 6.27. The fraction of sp³-hybridized carbons (Fsp3) is 0.333. The van der Waals surface area contributed by atoms with Crippen molar-refractivity contribution in [3.05, 3.63) is 62.6 Å². The third kappa shape index (κ3) is 4.24. The molecule has 0 fully saturated rings. The molecule has 0 aliphatic carbocycles. The molecule has 0 aromatic heterocycles. The van der Waals surface area contributed by atoms with E-state index in [1.165, 1.54) is 11.1 Å². The van der Waals surface area contributed by atoms with E-state index in [0.29, 0.717) is 11.6 Å². The van der Waals surface area contributed by atoms with E-state index in [0.717, 1.165) is 15.8 Å². The van der Waals surface area contributed by atoms with Gasteiger partial charge in [0, 0.05) is 15.1 Å². The van der Waals surface area contributed by atoms with Crippen molar-refractivity contribution in [3.8, 4) is 5.75 Å². The van der Waals surface area contributed by atoms with Crippen LogP contribution >= 0.6 is 27.5 Å². The molecule has 0 saturated heterocycles. The lowest BCUT2D eigenvalue weighted by molar-refractivity contribution is 0.297. The minimum absolute atomic E-state index is 0.0465. The van der Waals surface area contributed by atoms with Crippen LogP contribution in [0.5, 0.6) is 5.75 Å². The molecule has 0 amide bonds. The predicted octanol–water partition coefficient (Wildman–Crippen LogP) is 6.29. The smallest absolute Gasteiger partial charge is 0.123 e. The highest BCUT2D eigenvalue weighted by Crippen LogP contribution is 2.33. The van der Waals surface area contributed by atoms with Gasteiger partial charge in [-0.3, -0.25) is 0 Å². The second kappa shape index (κ2) is 6.41. The van der Waals surface area contributed by atoms with Gasteiger partial charge in [0.1, 0.15) is 12.4 Å². The first kappa shape index (κ1) is 16.4. The van der Waals surface area contributed by atoms with Crippen LogP contribution in [0.1, 0.15) is 37.5 Å². The van der Waals surface area contributed by atoms with Crippen LogP contribution in [0.25, 0.3) is 0 Å². The van der Waals surface area contributed by atoms with Gasteiger partial charge in [-0.1, -0.05) is 72.1 Å². The number of ether oxygens (including phenoxy) is 1. The normalized spacial score (nSPS) is 11.5. The monoisotopic (exact) mass is 366 g/mol. The fourth-order valence-corrected chi connectivity index (χ4v) is 2.88. The summed E-state index contributed by atoms with van der Waals surface area (Å²) in [7, 11) is 0. The summed E-state index contributed by atoms with van der Waals surface area (Å²) in [6.45, 7) is 9.16. The third-order valence-electron chi connectivity index (χ3n) is 3.34.